The lowest BCUT2D eigenvalue weighted by molar-refractivity contribution is -0.136. The SMILES string of the molecule is Cc1cc(Cl)ccc1NC(=O)C(=O)N/N=C/c1ccc(CNC(=O)C(=O)Nc2cc(Cl)cc(Cl)c2)o1. The lowest BCUT2D eigenvalue weighted by Gasteiger charge is -2.07. The quantitative estimate of drug-likeness (QED) is 0.209. The number of nitrogens with one attached hydrogen (secondary N) is 4. The molecule has 3 aromatic rings. The monoisotopic (exact) mass is 549 g/mol. The first kappa shape index (κ1) is 26.7. The molecule has 0 atom stereocenters. The van der Waals surface area contributed by atoms with Gasteiger partial charge in [-0.25, -0.2) is 5.43 Å². The van der Waals surface area contributed by atoms with Gasteiger partial charge in [-0.05, 0) is 61.0 Å². The highest BCUT2D eigenvalue weighted by Crippen LogP contribution is 2.22. The van der Waals surface area contributed by atoms with Crippen LogP contribution in [-0.4, -0.2) is 29.8 Å². The second-order valence-electron chi connectivity index (χ2n) is 7.21. The van der Waals surface area contributed by atoms with Crippen LogP contribution in [0.15, 0.2) is 58.0 Å². The molecule has 0 aliphatic rings. The van der Waals surface area contributed by atoms with Crippen molar-refractivity contribution in [3.05, 3.63) is 80.7 Å². The molecular formula is C23H18Cl3N5O5. The van der Waals surface area contributed by atoms with Crippen molar-refractivity contribution in [3.63, 3.8) is 0 Å². The number of hydrazone groups is 1. The van der Waals surface area contributed by atoms with Crippen molar-refractivity contribution < 1.29 is 23.6 Å². The van der Waals surface area contributed by atoms with Gasteiger partial charge in [0.15, 0.2) is 0 Å². The van der Waals surface area contributed by atoms with Gasteiger partial charge in [0.25, 0.3) is 0 Å². The van der Waals surface area contributed by atoms with Crippen molar-refractivity contribution >= 4 is 76.0 Å². The summed E-state index contributed by atoms with van der Waals surface area (Å²) in [6.07, 6.45) is 1.17. The van der Waals surface area contributed by atoms with Gasteiger partial charge < -0.3 is 20.4 Å². The molecule has 0 saturated carbocycles. The summed E-state index contributed by atoms with van der Waals surface area (Å²) in [5.74, 6) is -3.20. The van der Waals surface area contributed by atoms with E-state index in [0.29, 0.717) is 32.1 Å². The first-order valence-electron chi connectivity index (χ1n) is 10.2. The summed E-state index contributed by atoms with van der Waals surface area (Å²) in [7, 11) is 0. The molecule has 36 heavy (non-hydrogen) atoms. The van der Waals surface area contributed by atoms with Crippen LogP contribution in [0.2, 0.25) is 15.1 Å². The van der Waals surface area contributed by atoms with Crippen molar-refractivity contribution in [1.29, 1.82) is 0 Å². The van der Waals surface area contributed by atoms with Gasteiger partial charge in [-0.2, -0.15) is 5.10 Å². The van der Waals surface area contributed by atoms with Gasteiger partial charge in [-0.3, -0.25) is 19.2 Å². The standard InChI is InChI=1S/C23H18Cl3N5O5/c1-12-6-13(24)2-5-19(12)30-22(34)23(35)31-28-11-18-4-3-17(36-18)10-27-20(32)21(33)29-16-8-14(25)7-15(26)9-16/h2-9,11H,10H2,1H3,(H,27,32)(H,29,33)(H,30,34)(H,31,35)/b28-11+. The maximum atomic E-state index is 12.0. The summed E-state index contributed by atoms with van der Waals surface area (Å²) in [4.78, 5) is 48.0. The summed E-state index contributed by atoms with van der Waals surface area (Å²) in [5, 5.41) is 12.0. The molecule has 4 amide bonds. The van der Waals surface area contributed by atoms with Crippen LogP contribution in [-0.2, 0) is 25.7 Å². The van der Waals surface area contributed by atoms with Crippen LogP contribution in [0, 0.1) is 6.92 Å². The minimum atomic E-state index is -0.994. The smallest absolute Gasteiger partial charge is 0.329 e. The third-order valence-corrected chi connectivity index (χ3v) is 5.10. The van der Waals surface area contributed by atoms with Crippen LogP contribution in [0.1, 0.15) is 17.1 Å². The minimum absolute atomic E-state index is 0.0917. The van der Waals surface area contributed by atoms with E-state index in [9.17, 15) is 19.2 Å². The molecule has 10 nitrogen and oxygen atoms in total. The van der Waals surface area contributed by atoms with Gasteiger partial charge in [0.1, 0.15) is 11.5 Å². The predicted octanol–water partition coefficient (Wildman–Crippen LogP) is 3.89. The number of aryl methyl sites for hydroxylation is 1. The van der Waals surface area contributed by atoms with Gasteiger partial charge in [-0.15, -0.1) is 0 Å². The predicted molar refractivity (Wildman–Crippen MR) is 136 cm³/mol. The minimum Gasteiger partial charge on any atom is -0.458 e. The van der Waals surface area contributed by atoms with E-state index in [1.54, 1.807) is 25.1 Å². The fourth-order valence-electron chi connectivity index (χ4n) is 2.77. The molecule has 4 N–H and O–H groups in total. The van der Waals surface area contributed by atoms with E-state index in [4.69, 9.17) is 39.2 Å². The van der Waals surface area contributed by atoms with E-state index in [0.717, 1.165) is 0 Å². The molecule has 2 aromatic carbocycles. The summed E-state index contributed by atoms with van der Waals surface area (Å²) in [6.45, 7) is 1.64. The Hall–Kier alpha value is -3.86. The fourth-order valence-corrected chi connectivity index (χ4v) is 3.52. The molecule has 0 radical (unpaired) electrons. The Balaban J connectivity index is 1.45. The Morgan fingerprint density at radius 2 is 1.53 bits per heavy atom. The van der Waals surface area contributed by atoms with E-state index in [-0.39, 0.29) is 18.0 Å². The van der Waals surface area contributed by atoms with Gasteiger partial charge >= 0.3 is 23.6 Å². The Morgan fingerprint density at radius 3 is 2.22 bits per heavy atom. The number of hydrogen-bond donors (Lipinski definition) is 4. The van der Waals surface area contributed by atoms with Gasteiger partial charge in [0, 0.05) is 26.4 Å². The molecule has 1 heterocycles. The van der Waals surface area contributed by atoms with Crippen molar-refractivity contribution in [1.82, 2.24) is 10.7 Å². The number of rotatable bonds is 6. The highest BCUT2D eigenvalue weighted by Gasteiger charge is 2.16. The molecule has 3 rings (SSSR count). The molecule has 0 aliphatic heterocycles. The van der Waals surface area contributed by atoms with Crippen molar-refractivity contribution in [2.24, 2.45) is 5.10 Å². The molecule has 0 spiro atoms. The number of furan rings is 1. The molecule has 1 aromatic heterocycles. The Kier molecular flexibility index (Phi) is 9.07. The molecule has 0 unspecified atom stereocenters. The molecule has 0 fully saturated rings. The third-order valence-electron chi connectivity index (χ3n) is 4.43. The number of carbonyl (C=O) groups excluding carboxylic acids is 4. The first-order valence-corrected chi connectivity index (χ1v) is 11.3. The van der Waals surface area contributed by atoms with Gasteiger partial charge in [-0.1, -0.05) is 34.8 Å². The zero-order valence-corrected chi connectivity index (χ0v) is 20.8. The van der Waals surface area contributed by atoms with Crippen molar-refractivity contribution in [2.45, 2.75) is 13.5 Å². The van der Waals surface area contributed by atoms with Crippen LogP contribution < -0.4 is 21.4 Å². The van der Waals surface area contributed by atoms with E-state index in [2.05, 4.69) is 26.5 Å². The second-order valence-corrected chi connectivity index (χ2v) is 8.52. The van der Waals surface area contributed by atoms with E-state index in [1.165, 1.54) is 36.5 Å². The van der Waals surface area contributed by atoms with E-state index in [1.807, 2.05) is 0 Å². The average molecular weight is 551 g/mol. The number of halogens is 3. The summed E-state index contributed by atoms with van der Waals surface area (Å²) >= 11 is 17.6. The van der Waals surface area contributed by atoms with Crippen LogP contribution >= 0.6 is 34.8 Å². The maximum absolute atomic E-state index is 12.0. The zero-order valence-electron chi connectivity index (χ0n) is 18.5. The lowest BCUT2D eigenvalue weighted by Crippen LogP contribution is -2.34. The van der Waals surface area contributed by atoms with Gasteiger partial charge in [0.05, 0.1) is 12.8 Å². The van der Waals surface area contributed by atoms with E-state index < -0.39 is 23.6 Å². The first-order chi connectivity index (χ1) is 17.1. The largest absolute Gasteiger partial charge is 0.458 e. The molecule has 186 valence electrons. The Bertz CT molecular complexity index is 1340. The summed E-state index contributed by atoms with van der Waals surface area (Å²) in [5.41, 5.74) is 3.47. The molecule has 0 bridgehead atoms. The van der Waals surface area contributed by atoms with Crippen LogP contribution in [0.4, 0.5) is 11.4 Å². The molecule has 13 heteroatoms. The molecule has 0 aliphatic carbocycles. The van der Waals surface area contributed by atoms with Gasteiger partial charge in [0.2, 0.25) is 0 Å². The fraction of sp³-hybridized carbons (Fsp3) is 0.0870. The summed E-state index contributed by atoms with van der Waals surface area (Å²) < 4.78 is 5.43. The van der Waals surface area contributed by atoms with Crippen molar-refractivity contribution in [3.8, 4) is 0 Å². The summed E-state index contributed by atoms with van der Waals surface area (Å²) in [6, 6.07) is 12.2. The number of carbonyl (C=O) groups is 4. The second kappa shape index (κ2) is 12.2. The highest BCUT2D eigenvalue weighted by molar-refractivity contribution is 6.40. The van der Waals surface area contributed by atoms with Crippen LogP contribution in [0.5, 0.6) is 0 Å². The van der Waals surface area contributed by atoms with Crippen molar-refractivity contribution in [2.75, 3.05) is 10.6 Å². The third kappa shape index (κ3) is 7.84. The Labute approximate surface area is 220 Å². The number of hydrogen-bond acceptors (Lipinski definition) is 6. The Morgan fingerprint density at radius 1 is 0.833 bits per heavy atom. The molecular weight excluding hydrogens is 533 g/mol. The number of amides is 4. The van der Waals surface area contributed by atoms with Crippen LogP contribution in [0.25, 0.3) is 0 Å². The van der Waals surface area contributed by atoms with Crippen LogP contribution in [0.3, 0.4) is 0 Å². The molecule has 0 saturated heterocycles. The topological polar surface area (TPSA) is 142 Å². The normalized spacial score (nSPS) is 10.7. The maximum Gasteiger partial charge on any atom is 0.329 e. The number of anilines is 2. The number of nitrogens with zero attached hydrogens (tertiary/aromatic N) is 1. The van der Waals surface area contributed by atoms with E-state index >= 15 is 0 Å². The number of benzene rings is 2. The highest BCUT2D eigenvalue weighted by atomic mass is 35.5. The average Bonchev–Trinajstić information content (AvgIpc) is 3.26. The lowest BCUT2D eigenvalue weighted by atomic mass is 10.2. The zero-order chi connectivity index (χ0) is 26.2.